The van der Waals surface area contributed by atoms with Crippen molar-refractivity contribution in [3.05, 3.63) is 30.3 Å². The van der Waals surface area contributed by atoms with E-state index in [4.69, 9.17) is 16.1 Å². The van der Waals surface area contributed by atoms with Crippen molar-refractivity contribution < 1.29 is 9.32 Å². The highest BCUT2D eigenvalue weighted by Crippen LogP contribution is 2.32. The van der Waals surface area contributed by atoms with Crippen LogP contribution >= 0.6 is 11.6 Å². The van der Waals surface area contributed by atoms with Crippen molar-refractivity contribution in [2.24, 2.45) is 0 Å². The van der Waals surface area contributed by atoms with E-state index in [0.717, 1.165) is 19.4 Å². The Balaban J connectivity index is 1.68. The number of aromatic amines is 1. The van der Waals surface area contributed by atoms with E-state index in [1.165, 1.54) is 18.5 Å². The van der Waals surface area contributed by atoms with E-state index in [0.29, 0.717) is 40.2 Å². The summed E-state index contributed by atoms with van der Waals surface area (Å²) in [4.78, 5) is 24.9. The van der Waals surface area contributed by atoms with Gasteiger partial charge in [0.2, 0.25) is 11.9 Å². The first kappa shape index (κ1) is 18.2. The van der Waals surface area contributed by atoms with Gasteiger partial charge in [-0.2, -0.15) is 15.1 Å². The number of piperidine rings is 1. The summed E-state index contributed by atoms with van der Waals surface area (Å²) in [5.41, 5.74) is 1.06. The summed E-state index contributed by atoms with van der Waals surface area (Å²) in [5, 5.41) is 14.6. The lowest BCUT2D eigenvalue weighted by molar-refractivity contribution is -0.127. The number of hydrogen-bond acceptors (Lipinski definition) is 8. The highest BCUT2D eigenvalue weighted by atomic mass is 35.5. The molecule has 1 fully saturated rings. The summed E-state index contributed by atoms with van der Waals surface area (Å²) in [6, 6.07) is 0.0742. The van der Waals surface area contributed by atoms with Crippen LogP contribution in [0.4, 0.5) is 17.5 Å². The fourth-order valence-corrected chi connectivity index (χ4v) is 3.56. The third kappa shape index (κ3) is 3.38. The fraction of sp³-hybridized carbons (Fsp3) is 0.353. The summed E-state index contributed by atoms with van der Waals surface area (Å²) in [7, 11) is 1.93. The number of carbonyl (C=O) groups is 1. The fourth-order valence-electron chi connectivity index (χ4n) is 3.35. The molecule has 3 aromatic heterocycles. The third-order valence-corrected chi connectivity index (χ3v) is 5.08. The van der Waals surface area contributed by atoms with Crippen LogP contribution in [0.25, 0.3) is 11.0 Å². The van der Waals surface area contributed by atoms with Crippen LogP contribution < -0.4 is 10.2 Å². The maximum absolute atomic E-state index is 12.0. The Morgan fingerprint density at radius 2 is 2.39 bits per heavy atom. The number of fused-ring (bicyclic) bond motifs is 1. The molecule has 1 aliphatic heterocycles. The van der Waals surface area contributed by atoms with Gasteiger partial charge < -0.3 is 19.6 Å². The van der Waals surface area contributed by atoms with E-state index < -0.39 is 0 Å². The van der Waals surface area contributed by atoms with Crippen LogP contribution in [-0.2, 0) is 4.79 Å². The number of hydrogen-bond donors (Lipinski definition) is 2. The lowest BCUT2D eigenvalue weighted by atomic mass is 10.0. The first-order valence-corrected chi connectivity index (χ1v) is 9.17. The van der Waals surface area contributed by atoms with E-state index in [1.807, 2.05) is 11.9 Å². The molecule has 28 heavy (non-hydrogen) atoms. The van der Waals surface area contributed by atoms with Gasteiger partial charge in [-0.15, -0.1) is 0 Å². The molecule has 4 rings (SSSR count). The average molecular weight is 403 g/mol. The number of aromatic nitrogens is 5. The number of amides is 1. The minimum absolute atomic E-state index is 0.0675. The van der Waals surface area contributed by atoms with Gasteiger partial charge in [0.15, 0.2) is 5.65 Å². The van der Waals surface area contributed by atoms with E-state index in [-0.39, 0.29) is 11.9 Å². The highest BCUT2D eigenvalue weighted by molar-refractivity contribution is 6.35. The standard InChI is InChI=1S/C17H19ClN8O2/c1-3-12(27)26-6-4-5-11(8-26)25(2)16-13-14(18)23-24-15(13)21-17(22-16)20-10-7-19-28-9-10/h3,7,9,11H,1,4-6,8H2,2H3,(H2,20,21,22,23,24)/t11-/m1/s1. The van der Waals surface area contributed by atoms with Gasteiger partial charge in [0, 0.05) is 26.2 Å². The minimum Gasteiger partial charge on any atom is -0.363 e. The average Bonchev–Trinajstić information content (AvgIpc) is 3.36. The van der Waals surface area contributed by atoms with Crippen molar-refractivity contribution in [1.29, 1.82) is 0 Å². The van der Waals surface area contributed by atoms with Gasteiger partial charge in [0.05, 0.1) is 6.20 Å². The molecule has 2 N–H and O–H groups in total. The van der Waals surface area contributed by atoms with Crippen molar-refractivity contribution in [3.63, 3.8) is 0 Å². The van der Waals surface area contributed by atoms with Crippen LogP contribution in [0.3, 0.4) is 0 Å². The van der Waals surface area contributed by atoms with Gasteiger partial charge in [-0.05, 0) is 18.9 Å². The molecule has 11 heteroatoms. The second-order valence-corrected chi connectivity index (χ2v) is 6.92. The van der Waals surface area contributed by atoms with Crippen LogP contribution in [-0.4, -0.2) is 62.3 Å². The van der Waals surface area contributed by atoms with E-state index >= 15 is 0 Å². The number of likely N-dealkylation sites (N-methyl/N-ethyl adjacent to an activating group) is 1. The Morgan fingerprint density at radius 3 is 3.14 bits per heavy atom. The molecular weight excluding hydrogens is 384 g/mol. The van der Waals surface area contributed by atoms with E-state index in [2.05, 4.69) is 37.2 Å². The molecule has 1 saturated heterocycles. The SMILES string of the molecule is C=CC(=O)N1CCC[C@@H](N(C)c2nc(Nc3cnoc3)nc3n[nH]c(Cl)c23)C1. The predicted octanol–water partition coefficient (Wildman–Crippen LogP) is 2.35. The Morgan fingerprint density at radius 1 is 1.54 bits per heavy atom. The first-order valence-electron chi connectivity index (χ1n) is 8.79. The third-order valence-electron chi connectivity index (χ3n) is 4.80. The molecule has 1 aliphatic rings. The summed E-state index contributed by atoms with van der Waals surface area (Å²) in [6.45, 7) is 4.88. The van der Waals surface area contributed by atoms with Crippen LogP contribution in [0.5, 0.6) is 0 Å². The molecule has 1 atom stereocenters. The van der Waals surface area contributed by atoms with Crippen LogP contribution in [0.15, 0.2) is 29.6 Å². The maximum atomic E-state index is 12.0. The first-order chi connectivity index (χ1) is 13.6. The van der Waals surface area contributed by atoms with Crippen molar-refractivity contribution in [2.75, 3.05) is 30.4 Å². The Labute approximate surface area is 165 Å². The van der Waals surface area contributed by atoms with E-state index in [1.54, 1.807) is 4.90 Å². The zero-order valence-electron chi connectivity index (χ0n) is 15.2. The van der Waals surface area contributed by atoms with Crippen molar-refractivity contribution in [3.8, 4) is 0 Å². The number of halogens is 1. The second kappa shape index (κ2) is 7.47. The van der Waals surface area contributed by atoms with Gasteiger partial charge in [0.1, 0.15) is 28.3 Å². The monoisotopic (exact) mass is 402 g/mol. The molecule has 0 bridgehead atoms. The molecule has 1 amide bonds. The quantitative estimate of drug-likeness (QED) is 0.625. The highest BCUT2D eigenvalue weighted by Gasteiger charge is 2.28. The van der Waals surface area contributed by atoms with Crippen molar-refractivity contribution in [2.45, 2.75) is 18.9 Å². The van der Waals surface area contributed by atoms with Gasteiger partial charge in [-0.25, -0.2) is 0 Å². The number of nitrogens with one attached hydrogen (secondary N) is 2. The molecule has 0 aromatic carbocycles. The van der Waals surface area contributed by atoms with Crippen LogP contribution in [0.2, 0.25) is 5.15 Å². The van der Waals surface area contributed by atoms with Gasteiger partial charge in [-0.3, -0.25) is 9.89 Å². The molecule has 146 valence electrons. The smallest absolute Gasteiger partial charge is 0.246 e. The molecule has 0 unspecified atom stereocenters. The lowest BCUT2D eigenvalue weighted by Gasteiger charge is -2.38. The van der Waals surface area contributed by atoms with Crippen LogP contribution in [0.1, 0.15) is 12.8 Å². The van der Waals surface area contributed by atoms with Crippen LogP contribution in [0, 0.1) is 0 Å². The molecule has 0 radical (unpaired) electrons. The normalized spacial score (nSPS) is 16.9. The summed E-state index contributed by atoms with van der Waals surface area (Å²) < 4.78 is 4.83. The molecular formula is C17H19ClN8O2. The Kier molecular flexibility index (Phi) is 4.86. The van der Waals surface area contributed by atoms with E-state index in [9.17, 15) is 4.79 Å². The Bertz CT molecular complexity index is 1000. The number of nitrogens with zero attached hydrogens (tertiary/aromatic N) is 6. The van der Waals surface area contributed by atoms with Gasteiger partial charge >= 0.3 is 0 Å². The number of carbonyl (C=O) groups excluding carboxylic acids is 1. The Hall–Kier alpha value is -3.14. The molecule has 3 aromatic rings. The molecule has 10 nitrogen and oxygen atoms in total. The zero-order valence-corrected chi connectivity index (χ0v) is 16.0. The molecule has 4 heterocycles. The predicted molar refractivity (Wildman–Crippen MR) is 105 cm³/mol. The second-order valence-electron chi connectivity index (χ2n) is 6.54. The summed E-state index contributed by atoms with van der Waals surface area (Å²) in [6.07, 6.45) is 6.14. The number of anilines is 3. The molecule has 0 aliphatic carbocycles. The summed E-state index contributed by atoms with van der Waals surface area (Å²) >= 11 is 6.31. The minimum atomic E-state index is -0.0675. The lowest BCUT2D eigenvalue weighted by Crippen LogP contribution is -2.48. The number of rotatable bonds is 5. The summed E-state index contributed by atoms with van der Waals surface area (Å²) in [5.74, 6) is 0.901. The largest absolute Gasteiger partial charge is 0.363 e. The number of likely N-dealkylation sites (tertiary alicyclic amines) is 1. The molecule has 0 spiro atoms. The van der Waals surface area contributed by atoms with Gasteiger partial charge in [0.25, 0.3) is 0 Å². The topological polar surface area (TPSA) is 116 Å². The van der Waals surface area contributed by atoms with Gasteiger partial charge in [-0.1, -0.05) is 23.3 Å². The maximum Gasteiger partial charge on any atom is 0.246 e. The zero-order chi connectivity index (χ0) is 19.7. The van der Waals surface area contributed by atoms with Crippen molar-refractivity contribution >= 4 is 46.0 Å². The van der Waals surface area contributed by atoms with Crippen molar-refractivity contribution in [1.82, 2.24) is 30.2 Å². The number of H-pyrrole nitrogens is 1. The molecule has 0 saturated carbocycles.